The molecule has 2 amide bonds. The van der Waals surface area contributed by atoms with Crippen LogP contribution in [0.15, 0.2) is 16.6 Å². The molecule has 0 spiro atoms. The lowest BCUT2D eigenvalue weighted by Gasteiger charge is -2.11. The monoisotopic (exact) mass is 350 g/mol. The maximum absolute atomic E-state index is 11.5. The molecular formula is C11H12BrClN2O4. The lowest BCUT2D eigenvalue weighted by molar-refractivity contribution is -0.146. The Morgan fingerprint density at radius 3 is 2.68 bits per heavy atom. The van der Waals surface area contributed by atoms with Gasteiger partial charge in [0.15, 0.2) is 6.10 Å². The first-order valence-corrected chi connectivity index (χ1v) is 6.39. The highest BCUT2D eigenvalue weighted by Crippen LogP contribution is 2.28. The first kappa shape index (κ1) is 15.7. The van der Waals surface area contributed by atoms with Gasteiger partial charge >= 0.3 is 12.0 Å². The number of carbonyl (C=O) groups excluding carboxylic acids is 1. The highest BCUT2D eigenvalue weighted by atomic mass is 79.9. The zero-order valence-corrected chi connectivity index (χ0v) is 12.2. The standard InChI is InChI=1S/C11H12BrClN2O4/c1-5-2-6(12)8(3-7(5)13)15-11(19)14-4-9(16)10(17)18/h2-3,9,16H,4H2,1H3,(H,17,18)(H2,14,15,19)/t9-/m0/s1. The number of anilines is 1. The maximum Gasteiger partial charge on any atom is 0.334 e. The van der Waals surface area contributed by atoms with Gasteiger partial charge in [-0.25, -0.2) is 9.59 Å². The minimum absolute atomic E-state index is 0.390. The molecule has 0 fully saturated rings. The molecule has 0 radical (unpaired) electrons. The minimum atomic E-state index is -1.64. The molecule has 0 unspecified atom stereocenters. The van der Waals surface area contributed by atoms with Crippen molar-refractivity contribution in [1.82, 2.24) is 5.32 Å². The van der Waals surface area contributed by atoms with E-state index in [2.05, 4.69) is 26.6 Å². The number of hydrogen-bond acceptors (Lipinski definition) is 3. The number of carboxylic acid groups (broad SMARTS) is 1. The molecule has 0 aliphatic rings. The fraction of sp³-hybridized carbons (Fsp3) is 0.273. The number of aliphatic hydroxyl groups excluding tert-OH is 1. The largest absolute Gasteiger partial charge is 0.479 e. The zero-order chi connectivity index (χ0) is 14.6. The van der Waals surface area contributed by atoms with Crippen LogP contribution in [-0.2, 0) is 4.79 Å². The summed E-state index contributed by atoms with van der Waals surface area (Å²) in [5.74, 6) is -1.40. The average Bonchev–Trinajstić information content (AvgIpc) is 2.32. The quantitative estimate of drug-likeness (QED) is 0.666. The van der Waals surface area contributed by atoms with Gasteiger partial charge in [0, 0.05) is 9.50 Å². The summed E-state index contributed by atoms with van der Waals surface area (Å²) in [6, 6.07) is 2.67. The first-order chi connectivity index (χ1) is 8.81. The van der Waals surface area contributed by atoms with E-state index in [9.17, 15) is 9.59 Å². The molecule has 1 aromatic rings. The third-order valence-corrected chi connectivity index (χ3v) is 3.30. The van der Waals surface area contributed by atoms with Gasteiger partial charge in [-0.2, -0.15) is 0 Å². The number of aliphatic carboxylic acids is 1. The number of aliphatic hydroxyl groups is 1. The fourth-order valence-corrected chi connectivity index (χ4v) is 1.91. The van der Waals surface area contributed by atoms with Gasteiger partial charge in [0.25, 0.3) is 0 Å². The van der Waals surface area contributed by atoms with Crippen molar-refractivity contribution in [3.63, 3.8) is 0 Å². The predicted molar refractivity (Wildman–Crippen MR) is 74.6 cm³/mol. The van der Waals surface area contributed by atoms with Crippen molar-refractivity contribution < 1.29 is 19.8 Å². The van der Waals surface area contributed by atoms with Crippen LogP contribution in [0.1, 0.15) is 5.56 Å². The molecular weight excluding hydrogens is 339 g/mol. The summed E-state index contributed by atoms with van der Waals surface area (Å²) in [4.78, 5) is 21.9. The maximum atomic E-state index is 11.5. The molecule has 1 aromatic carbocycles. The molecule has 0 aliphatic carbocycles. The van der Waals surface area contributed by atoms with E-state index in [1.165, 1.54) is 0 Å². The summed E-state index contributed by atoms with van der Waals surface area (Å²) < 4.78 is 0.642. The molecule has 0 aliphatic heterocycles. The molecule has 0 bridgehead atoms. The van der Waals surface area contributed by atoms with E-state index in [0.717, 1.165) is 5.56 Å². The number of carboxylic acids is 1. The van der Waals surface area contributed by atoms with Gasteiger partial charge in [-0.1, -0.05) is 11.6 Å². The molecule has 0 saturated heterocycles. The van der Waals surface area contributed by atoms with E-state index in [0.29, 0.717) is 15.2 Å². The number of nitrogens with one attached hydrogen (secondary N) is 2. The summed E-state index contributed by atoms with van der Waals surface area (Å²) in [7, 11) is 0. The van der Waals surface area contributed by atoms with Crippen molar-refractivity contribution in [2.75, 3.05) is 11.9 Å². The molecule has 0 saturated carbocycles. The van der Waals surface area contributed by atoms with Gasteiger partial charge in [0.2, 0.25) is 0 Å². The third kappa shape index (κ3) is 4.70. The van der Waals surface area contributed by atoms with Crippen LogP contribution in [0, 0.1) is 6.92 Å². The van der Waals surface area contributed by atoms with E-state index in [-0.39, 0.29) is 0 Å². The Labute approximate surface area is 122 Å². The Kier molecular flexibility index (Phi) is 5.59. The van der Waals surface area contributed by atoms with E-state index in [1.807, 2.05) is 6.92 Å². The van der Waals surface area contributed by atoms with Crippen LogP contribution in [0.4, 0.5) is 10.5 Å². The Morgan fingerprint density at radius 1 is 1.47 bits per heavy atom. The van der Waals surface area contributed by atoms with Crippen molar-refractivity contribution in [3.05, 3.63) is 27.2 Å². The van der Waals surface area contributed by atoms with Crippen LogP contribution >= 0.6 is 27.5 Å². The first-order valence-electron chi connectivity index (χ1n) is 5.22. The Balaban J connectivity index is 2.62. The van der Waals surface area contributed by atoms with Crippen molar-refractivity contribution >= 4 is 45.2 Å². The number of halogens is 2. The SMILES string of the molecule is Cc1cc(Br)c(NC(=O)NC[C@H](O)C(=O)O)cc1Cl. The van der Waals surface area contributed by atoms with Crippen molar-refractivity contribution in [3.8, 4) is 0 Å². The molecule has 6 nitrogen and oxygen atoms in total. The summed E-state index contributed by atoms with van der Waals surface area (Å²) in [5, 5.41) is 22.7. The van der Waals surface area contributed by atoms with Crippen LogP contribution in [0.2, 0.25) is 5.02 Å². The number of hydrogen-bond donors (Lipinski definition) is 4. The Bertz CT molecular complexity index is 510. The van der Waals surface area contributed by atoms with Gasteiger partial charge in [0.05, 0.1) is 12.2 Å². The van der Waals surface area contributed by atoms with Crippen molar-refractivity contribution in [2.24, 2.45) is 0 Å². The number of benzene rings is 1. The van der Waals surface area contributed by atoms with E-state index < -0.39 is 24.6 Å². The van der Waals surface area contributed by atoms with E-state index >= 15 is 0 Å². The summed E-state index contributed by atoms with van der Waals surface area (Å²) in [6.07, 6.45) is -1.64. The van der Waals surface area contributed by atoms with Gasteiger partial charge in [0.1, 0.15) is 0 Å². The number of aryl methyl sites for hydroxylation is 1. The van der Waals surface area contributed by atoms with Crippen LogP contribution in [0.3, 0.4) is 0 Å². The smallest absolute Gasteiger partial charge is 0.334 e. The highest BCUT2D eigenvalue weighted by molar-refractivity contribution is 9.10. The molecule has 104 valence electrons. The highest BCUT2D eigenvalue weighted by Gasteiger charge is 2.14. The zero-order valence-electron chi connectivity index (χ0n) is 9.91. The molecule has 1 rings (SSSR count). The number of urea groups is 1. The lowest BCUT2D eigenvalue weighted by Crippen LogP contribution is -2.38. The Morgan fingerprint density at radius 2 is 2.11 bits per heavy atom. The van der Waals surface area contributed by atoms with Gasteiger partial charge < -0.3 is 20.8 Å². The topological polar surface area (TPSA) is 98.7 Å². The Hall–Kier alpha value is -1.31. The number of rotatable bonds is 4. The molecule has 0 aromatic heterocycles. The van der Waals surface area contributed by atoms with E-state index in [1.54, 1.807) is 12.1 Å². The second-order valence-corrected chi connectivity index (χ2v) is 5.03. The van der Waals surface area contributed by atoms with Crippen molar-refractivity contribution in [1.29, 1.82) is 0 Å². The molecule has 4 N–H and O–H groups in total. The lowest BCUT2D eigenvalue weighted by atomic mass is 10.2. The minimum Gasteiger partial charge on any atom is -0.479 e. The van der Waals surface area contributed by atoms with Gasteiger partial charge in [-0.05, 0) is 40.5 Å². The molecule has 8 heteroatoms. The third-order valence-electron chi connectivity index (χ3n) is 2.24. The van der Waals surface area contributed by atoms with Gasteiger partial charge in [-0.15, -0.1) is 0 Å². The molecule has 1 atom stereocenters. The average molecular weight is 352 g/mol. The second-order valence-electron chi connectivity index (χ2n) is 3.77. The summed E-state index contributed by atoms with van der Waals surface area (Å²) in [6.45, 7) is 1.43. The van der Waals surface area contributed by atoms with E-state index in [4.69, 9.17) is 21.8 Å². The van der Waals surface area contributed by atoms with Crippen LogP contribution in [0.5, 0.6) is 0 Å². The summed E-state index contributed by atoms with van der Waals surface area (Å²) >= 11 is 9.20. The number of carbonyl (C=O) groups is 2. The number of amides is 2. The predicted octanol–water partition coefficient (Wildman–Crippen LogP) is 1.98. The van der Waals surface area contributed by atoms with Crippen LogP contribution in [-0.4, -0.2) is 34.9 Å². The second kappa shape index (κ2) is 6.74. The van der Waals surface area contributed by atoms with Gasteiger partial charge in [-0.3, -0.25) is 0 Å². The van der Waals surface area contributed by atoms with Crippen LogP contribution < -0.4 is 10.6 Å². The molecule has 19 heavy (non-hydrogen) atoms. The fourth-order valence-electron chi connectivity index (χ4n) is 1.19. The normalized spacial score (nSPS) is 11.8. The van der Waals surface area contributed by atoms with Crippen molar-refractivity contribution in [2.45, 2.75) is 13.0 Å². The summed E-state index contributed by atoms with van der Waals surface area (Å²) in [5.41, 5.74) is 1.29. The van der Waals surface area contributed by atoms with Crippen LogP contribution in [0.25, 0.3) is 0 Å². The molecule has 0 heterocycles.